The molecule has 0 bridgehead atoms. The summed E-state index contributed by atoms with van der Waals surface area (Å²) in [6.45, 7) is 1.05. The molecular weight excluding hydrogens is 454 g/mol. The lowest BCUT2D eigenvalue weighted by Crippen LogP contribution is -2.44. The number of carbonyl (C=O) groups is 1. The van der Waals surface area contributed by atoms with Crippen LogP contribution in [0.5, 0.6) is 11.5 Å². The molecule has 1 amide bonds. The molecule has 35 heavy (non-hydrogen) atoms. The lowest BCUT2D eigenvalue weighted by atomic mass is 10.0. The number of halogens is 2. The molecule has 0 radical (unpaired) electrons. The zero-order chi connectivity index (χ0) is 25.0. The molecule has 0 fully saturated rings. The van der Waals surface area contributed by atoms with E-state index >= 15 is 0 Å². The van der Waals surface area contributed by atoms with Gasteiger partial charge in [0.25, 0.3) is 5.91 Å². The Morgan fingerprint density at radius 2 is 1.77 bits per heavy atom. The van der Waals surface area contributed by atoms with Gasteiger partial charge >= 0.3 is 0 Å². The summed E-state index contributed by atoms with van der Waals surface area (Å²) < 4.78 is 39.1. The van der Waals surface area contributed by atoms with Crippen LogP contribution in [0, 0.1) is 11.6 Å². The molecule has 2 N–H and O–H groups in total. The zero-order valence-corrected chi connectivity index (χ0v) is 19.8. The van der Waals surface area contributed by atoms with Crippen molar-refractivity contribution < 1.29 is 32.6 Å². The number of nitrogens with zero attached hydrogens (tertiary/aromatic N) is 1. The number of likely N-dealkylation sites (N-methyl/N-ethyl adjacent to an activating group) is 1. The summed E-state index contributed by atoms with van der Waals surface area (Å²) in [7, 11) is 3.87. The summed E-state index contributed by atoms with van der Waals surface area (Å²) in [5, 5.41) is 14.0. The van der Waals surface area contributed by atoms with Crippen LogP contribution in [0.1, 0.15) is 22.8 Å². The van der Waals surface area contributed by atoms with Gasteiger partial charge in [0.2, 0.25) is 0 Å². The summed E-state index contributed by atoms with van der Waals surface area (Å²) >= 11 is 0. The van der Waals surface area contributed by atoms with E-state index in [0.29, 0.717) is 58.9 Å². The molecule has 6 nitrogen and oxygen atoms in total. The Morgan fingerprint density at radius 1 is 1.06 bits per heavy atom. The number of carbonyl (C=O) groups excluding carboxylic acids is 1. The van der Waals surface area contributed by atoms with Crippen LogP contribution in [0.15, 0.2) is 60.7 Å². The highest BCUT2D eigenvalue weighted by Crippen LogP contribution is 2.40. The fraction of sp³-hybridized carbons (Fsp3) is 0.296. The van der Waals surface area contributed by atoms with E-state index in [1.54, 1.807) is 12.1 Å². The maximum absolute atomic E-state index is 13.5. The Bertz CT molecular complexity index is 1180. The van der Waals surface area contributed by atoms with Crippen molar-refractivity contribution in [3.63, 3.8) is 0 Å². The van der Waals surface area contributed by atoms with E-state index in [9.17, 15) is 18.7 Å². The third-order valence-corrected chi connectivity index (χ3v) is 5.92. The second-order valence-electron chi connectivity index (χ2n) is 9.39. The lowest BCUT2D eigenvalue weighted by Gasteiger charge is -2.33. The number of aliphatic hydroxyl groups is 1. The molecule has 0 saturated carbocycles. The van der Waals surface area contributed by atoms with Crippen molar-refractivity contribution >= 4 is 11.6 Å². The Morgan fingerprint density at radius 3 is 2.49 bits per heavy atom. The van der Waals surface area contributed by atoms with Crippen molar-refractivity contribution in [3.05, 3.63) is 89.0 Å². The molecule has 1 atom stereocenters. The highest BCUT2D eigenvalue weighted by molar-refractivity contribution is 5.96. The van der Waals surface area contributed by atoms with E-state index in [-0.39, 0.29) is 12.5 Å². The Balaban J connectivity index is 1.51. The first-order chi connectivity index (χ1) is 16.7. The van der Waals surface area contributed by atoms with Crippen LogP contribution in [0.3, 0.4) is 0 Å². The van der Waals surface area contributed by atoms with Gasteiger partial charge in [0.15, 0.2) is 6.61 Å². The Labute approximate surface area is 203 Å². The predicted octanol–water partition coefficient (Wildman–Crippen LogP) is 4.23. The molecule has 0 saturated heterocycles. The molecule has 3 aromatic carbocycles. The lowest BCUT2D eigenvalue weighted by molar-refractivity contribution is -0.893. The number of benzene rings is 3. The van der Waals surface area contributed by atoms with Crippen LogP contribution < -0.4 is 14.8 Å². The van der Waals surface area contributed by atoms with Crippen LogP contribution >= 0.6 is 0 Å². The maximum Gasteiger partial charge on any atom is 0.262 e. The van der Waals surface area contributed by atoms with Crippen molar-refractivity contribution in [2.75, 3.05) is 39.1 Å². The molecule has 1 aliphatic rings. The third-order valence-electron chi connectivity index (χ3n) is 5.92. The van der Waals surface area contributed by atoms with Crippen molar-refractivity contribution in [1.29, 1.82) is 0 Å². The van der Waals surface area contributed by atoms with E-state index in [0.717, 1.165) is 11.6 Å². The number of hydrogen-bond acceptors (Lipinski definition) is 4. The molecule has 1 aliphatic heterocycles. The van der Waals surface area contributed by atoms with Crippen LogP contribution in [0.4, 0.5) is 14.5 Å². The van der Waals surface area contributed by atoms with E-state index in [1.807, 2.05) is 44.4 Å². The van der Waals surface area contributed by atoms with Gasteiger partial charge in [-0.05, 0) is 29.3 Å². The fourth-order valence-electron chi connectivity index (χ4n) is 4.12. The first kappa shape index (κ1) is 24.6. The van der Waals surface area contributed by atoms with Crippen LogP contribution in [-0.4, -0.2) is 49.3 Å². The second-order valence-corrected chi connectivity index (χ2v) is 9.39. The first-order valence-electron chi connectivity index (χ1n) is 11.4. The molecule has 184 valence electrons. The van der Waals surface area contributed by atoms with Gasteiger partial charge in [0.05, 0.1) is 26.3 Å². The van der Waals surface area contributed by atoms with Gasteiger partial charge in [-0.3, -0.25) is 4.79 Å². The smallest absolute Gasteiger partial charge is 0.262 e. The molecule has 4 rings (SSSR count). The van der Waals surface area contributed by atoms with Crippen molar-refractivity contribution in [2.24, 2.45) is 0 Å². The quantitative estimate of drug-likeness (QED) is 0.447. The average molecular weight is 484 g/mol. The van der Waals surface area contributed by atoms with Gasteiger partial charge < -0.3 is 24.4 Å². The van der Waals surface area contributed by atoms with Gasteiger partial charge in [-0.15, -0.1) is 0 Å². The minimum atomic E-state index is -0.932. The van der Waals surface area contributed by atoms with E-state index in [1.165, 1.54) is 12.1 Å². The van der Waals surface area contributed by atoms with Gasteiger partial charge in [0.1, 0.15) is 42.4 Å². The molecule has 3 aromatic rings. The number of hydrogen-bond donors (Lipinski definition) is 2. The minimum Gasteiger partial charge on any atom is -0.489 e. The SMILES string of the molecule is C[N+](C)(CCc1cc(F)cc(F)c1)CC(O)c1cc(OCc2ccccc2)cc2c1OCC(=O)N2. The number of nitrogens with one attached hydrogen (secondary N) is 1. The van der Waals surface area contributed by atoms with Crippen molar-refractivity contribution in [3.8, 4) is 11.5 Å². The normalized spacial score (nSPS) is 14.0. The van der Waals surface area contributed by atoms with Crippen LogP contribution in [0.2, 0.25) is 0 Å². The summed E-state index contributed by atoms with van der Waals surface area (Å²) in [6, 6.07) is 16.6. The number of aliphatic hydroxyl groups excluding tert-OH is 1. The monoisotopic (exact) mass is 483 g/mol. The number of anilines is 1. The molecule has 0 aliphatic carbocycles. The van der Waals surface area contributed by atoms with E-state index in [2.05, 4.69) is 5.32 Å². The molecule has 0 aromatic heterocycles. The average Bonchev–Trinajstić information content (AvgIpc) is 2.80. The second kappa shape index (κ2) is 10.4. The minimum absolute atomic E-state index is 0.139. The Kier molecular flexibility index (Phi) is 7.33. The summed E-state index contributed by atoms with van der Waals surface area (Å²) in [6.07, 6.45) is -0.488. The molecule has 1 heterocycles. The summed E-state index contributed by atoms with van der Waals surface area (Å²) in [4.78, 5) is 11.9. The standard InChI is InChI=1S/C27H28F2N2O4/c1-31(2,9-8-19-10-20(28)12-21(29)11-19)15-25(32)23-13-22(34-16-18-6-4-3-5-7-18)14-24-27(23)35-17-26(33)30-24/h3-7,10-14,25,32H,8-9,15-17H2,1-2H3/p+1. The van der Waals surface area contributed by atoms with Crippen LogP contribution in [0.25, 0.3) is 0 Å². The number of quaternary nitrogens is 1. The molecule has 1 unspecified atom stereocenters. The van der Waals surface area contributed by atoms with Crippen molar-refractivity contribution in [1.82, 2.24) is 0 Å². The molecular formula is C27H29F2N2O4+. The number of ether oxygens (including phenoxy) is 2. The maximum atomic E-state index is 13.5. The number of rotatable bonds is 9. The van der Waals surface area contributed by atoms with Crippen LogP contribution in [-0.2, 0) is 17.8 Å². The summed E-state index contributed by atoms with van der Waals surface area (Å²) in [5.41, 5.74) is 2.50. The predicted molar refractivity (Wildman–Crippen MR) is 128 cm³/mol. The first-order valence-corrected chi connectivity index (χ1v) is 11.4. The molecule has 8 heteroatoms. The highest BCUT2D eigenvalue weighted by atomic mass is 19.1. The van der Waals surface area contributed by atoms with Crippen molar-refractivity contribution in [2.45, 2.75) is 19.1 Å². The number of fused-ring (bicyclic) bond motifs is 1. The topological polar surface area (TPSA) is 67.8 Å². The highest BCUT2D eigenvalue weighted by Gasteiger charge is 2.29. The molecule has 0 spiro atoms. The van der Waals surface area contributed by atoms with Gasteiger partial charge in [0, 0.05) is 24.1 Å². The third kappa shape index (κ3) is 6.55. The number of amides is 1. The van der Waals surface area contributed by atoms with E-state index in [4.69, 9.17) is 9.47 Å². The Hall–Kier alpha value is -3.49. The van der Waals surface area contributed by atoms with Gasteiger partial charge in [-0.1, -0.05) is 30.3 Å². The summed E-state index contributed by atoms with van der Waals surface area (Å²) in [5.74, 6) is -0.590. The van der Waals surface area contributed by atoms with Gasteiger partial charge in [-0.25, -0.2) is 8.78 Å². The van der Waals surface area contributed by atoms with Gasteiger partial charge in [-0.2, -0.15) is 0 Å². The fourth-order valence-corrected chi connectivity index (χ4v) is 4.12. The zero-order valence-electron chi connectivity index (χ0n) is 19.8. The van der Waals surface area contributed by atoms with E-state index < -0.39 is 17.7 Å². The largest absolute Gasteiger partial charge is 0.489 e.